The first kappa shape index (κ1) is 18.0. The lowest BCUT2D eigenvalue weighted by Gasteiger charge is -2.11. The summed E-state index contributed by atoms with van der Waals surface area (Å²) in [6.07, 6.45) is 2.30. The number of rotatable bonds is 0. The first-order chi connectivity index (χ1) is 17.4. The summed E-state index contributed by atoms with van der Waals surface area (Å²) in [5, 5.41) is 11.2. The van der Waals surface area contributed by atoms with Gasteiger partial charge < -0.3 is 8.82 Å². The zero-order valence-corrected chi connectivity index (χ0v) is 19.4. The van der Waals surface area contributed by atoms with Gasteiger partial charge in [0.1, 0.15) is 11.2 Å². The van der Waals surface area contributed by atoms with Gasteiger partial charge in [0.25, 0.3) is 0 Å². The molecule has 0 saturated heterocycles. The number of para-hydroxylation sites is 1. The molecule has 4 heterocycles. The number of furan rings is 1. The van der Waals surface area contributed by atoms with Gasteiger partial charge >= 0.3 is 0 Å². The van der Waals surface area contributed by atoms with Crippen LogP contribution in [0.1, 0.15) is 0 Å². The number of aromatic nitrogens is 1. The highest BCUT2D eigenvalue weighted by atomic mass is 32.1. The molecule has 0 atom stereocenters. The molecule has 35 heavy (non-hydrogen) atoms. The molecule has 0 saturated carbocycles. The molecule has 5 aromatic carbocycles. The molecule has 4 aromatic heterocycles. The van der Waals surface area contributed by atoms with Gasteiger partial charge in [-0.05, 0) is 23.6 Å². The highest BCUT2D eigenvalue weighted by Gasteiger charge is 2.20. The molecule has 0 amide bonds. The van der Waals surface area contributed by atoms with Crippen molar-refractivity contribution < 1.29 is 4.42 Å². The van der Waals surface area contributed by atoms with E-state index in [0.29, 0.717) is 0 Å². The quantitative estimate of drug-likeness (QED) is 0.205. The number of nitrogens with zero attached hydrogens (tertiary/aromatic N) is 1. The molecular formula is C32H17NOS. The summed E-state index contributed by atoms with van der Waals surface area (Å²) < 4.78 is 11.6. The van der Waals surface area contributed by atoms with Crippen LogP contribution < -0.4 is 0 Å². The van der Waals surface area contributed by atoms with Gasteiger partial charge in [-0.25, -0.2) is 0 Å². The second-order valence-corrected chi connectivity index (χ2v) is 10.4. The zero-order valence-electron chi connectivity index (χ0n) is 18.6. The average Bonchev–Trinajstić information content (AvgIpc) is 3.59. The molecule has 0 bridgehead atoms. The van der Waals surface area contributed by atoms with Crippen molar-refractivity contribution in [1.82, 2.24) is 4.40 Å². The van der Waals surface area contributed by atoms with E-state index in [-0.39, 0.29) is 0 Å². The highest BCUT2D eigenvalue weighted by molar-refractivity contribution is 7.26. The minimum atomic E-state index is 0.934. The topological polar surface area (TPSA) is 17.6 Å². The smallest absolute Gasteiger partial charge is 0.145 e. The first-order valence-electron chi connectivity index (χ1n) is 11.9. The van der Waals surface area contributed by atoms with E-state index in [4.69, 9.17) is 4.42 Å². The maximum absolute atomic E-state index is 6.57. The Morgan fingerprint density at radius 1 is 0.543 bits per heavy atom. The predicted molar refractivity (Wildman–Crippen MR) is 150 cm³/mol. The van der Waals surface area contributed by atoms with E-state index >= 15 is 0 Å². The van der Waals surface area contributed by atoms with Crippen molar-refractivity contribution in [2.24, 2.45) is 0 Å². The maximum atomic E-state index is 6.57. The molecule has 0 aliphatic carbocycles. The van der Waals surface area contributed by atoms with Gasteiger partial charge in [-0.3, -0.25) is 0 Å². The highest BCUT2D eigenvalue weighted by Crippen LogP contribution is 2.45. The minimum absolute atomic E-state index is 0.934. The third-order valence-corrected chi connectivity index (χ3v) is 8.75. The number of pyridine rings is 1. The van der Waals surface area contributed by atoms with Gasteiger partial charge in [0.05, 0.1) is 21.1 Å². The lowest BCUT2D eigenvalue weighted by atomic mass is 9.99. The molecule has 0 spiro atoms. The molecule has 2 nitrogen and oxygen atoms in total. The molecule has 0 unspecified atom stereocenters. The molecule has 0 aliphatic rings. The van der Waals surface area contributed by atoms with Crippen molar-refractivity contribution in [2.75, 3.05) is 0 Å². The fraction of sp³-hybridized carbons (Fsp3) is 0. The fourth-order valence-corrected chi connectivity index (χ4v) is 7.32. The first-order valence-corrected chi connectivity index (χ1v) is 12.7. The van der Waals surface area contributed by atoms with Crippen LogP contribution in [0, 0.1) is 0 Å². The molecule has 0 N–H and O–H groups in total. The van der Waals surface area contributed by atoms with Crippen LogP contribution in [-0.2, 0) is 0 Å². The summed E-state index contributed by atoms with van der Waals surface area (Å²) >= 11 is 1.89. The molecule has 0 radical (unpaired) electrons. The third-order valence-electron chi connectivity index (χ3n) is 7.56. The Balaban J connectivity index is 1.65. The van der Waals surface area contributed by atoms with E-state index in [2.05, 4.69) is 102 Å². The third kappa shape index (κ3) is 2.15. The Hall–Kier alpha value is -4.34. The van der Waals surface area contributed by atoms with E-state index in [0.717, 1.165) is 11.2 Å². The fourth-order valence-electron chi connectivity index (χ4n) is 6.07. The van der Waals surface area contributed by atoms with Crippen LogP contribution in [0.4, 0.5) is 0 Å². The van der Waals surface area contributed by atoms with Gasteiger partial charge in [0.2, 0.25) is 0 Å². The SMILES string of the molecule is c1ccc2c(c1)cn1c3c(ccc4c5ccccc5sc43)c3ccc4c5ccccc5oc4c3c21. The van der Waals surface area contributed by atoms with Crippen LogP contribution in [0.5, 0.6) is 0 Å². The van der Waals surface area contributed by atoms with Crippen LogP contribution in [0.25, 0.3) is 80.1 Å². The standard InChI is InChI=1S/C32H17NOS/c1-2-8-19-18(7-1)17-33-29(19)28-22(13-15-24-20-9-3-5-11-26(20)34-31(24)28)23-14-16-25-21-10-4-6-12-27(21)35-32(25)30(23)33/h1-17H. The summed E-state index contributed by atoms with van der Waals surface area (Å²) in [5.41, 5.74) is 4.40. The average molecular weight is 464 g/mol. The van der Waals surface area contributed by atoms with E-state index in [1.807, 2.05) is 17.4 Å². The summed E-state index contributed by atoms with van der Waals surface area (Å²) in [4.78, 5) is 0. The van der Waals surface area contributed by atoms with Gasteiger partial charge in [-0.15, -0.1) is 11.3 Å². The lowest BCUT2D eigenvalue weighted by molar-refractivity contribution is 0.673. The van der Waals surface area contributed by atoms with Gasteiger partial charge in [0.15, 0.2) is 0 Å². The summed E-state index contributed by atoms with van der Waals surface area (Å²) in [6.45, 7) is 0. The number of fused-ring (bicyclic) bond motifs is 16. The van der Waals surface area contributed by atoms with Gasteiger partial charge in [-0.1, -0.05) is 78.9 Å². The van der Waals surface area contributed by atoms with Crippen molar-refractivity contribution >= 4 is 91.4 Å². The molecule has 9 rings (SSSR count). The molecule has 162 valence electrons. The molecular weight excluding hydrogens is 446 g/mol. The predicted octanol–water partition coefficient (Wildman–Crippen LogP) is 9.67. The van der Waals surface area contributed by atoms with Crippen molar-refractivity contribution in [3.63, 3.8) is 0 Å². The second-order valence-electron chi connectivity index (χ2n) is 9.33. The number of benzene rings is 5. The Morgan fingerprint density at radius 3 is 2.20 bits per heavy atom. The normalized spacial score (nSPS) is 12.6. The Morgan fingerprint density at radius 2 is 1.26 bits per heavy atom. The Kier molecular flexibility index (Phi) is 3.20. The molecule has 9 aromatic rings. The van der Waals surface area contributed by atoms with Crippen LogP contribution in [0.3, 0.4) is 0 Å². The second kappa shape index (κ2) is 6.21. The Labute approximate surface area is 203 Å². The van der Waals surface area contributed by atoms with Crippen molar-refractivity contribution in [3.8, 4) is 0 Å². The molecule has 0 fully saturated rings. The van der Waals surface area contributed by atoms with E-state index in [9.17, 15) is 0 Å². The van der Waals surface area contributed by atoms with Crippen molar-refractivity contribution in [1.29, 1.82) is 0 Å². The van der Waals surface area contributed by atoms with Crippen LogP contribution >= 0.6 is 11.3 Å². The maximum Gasteiger partial charge on any atom is 0.145 e. The summed E-state index contributed by atoms with van der Waals surface area (Å²) in [5.74, 6) is 0. The minimum Gasteiger partial charge on any atom is -0.455 e. The monoisotopic (exact) mass is 463 g/mol. The number of hydrogen-bond acceptors (Lipinski definition) is 2. The van der Waals surface area contributed by atoms with E-state index in [1.54, 1.807) is 0 Å². The van der Waals surface area contributed by atoms with Crippen LogP contribution in [0.15, 0.2) is 108 Å². The van der Waals surface area contributed by atoms with E-state index in [1.165, 1.54) is 68.9 Å². The van der Waals surface area contributed by atoms with E-state index < -0.39 is 0 Å². The molecule has 0 aliphatic heterocycles. The van der Waals surface area contributed by atoms with Crippen LogP contribution in [-0.4, -0.2) is 4.40 Å². The number of hydrogen-bond donors (Lipinski definition) is 0. The van der Waals surface area contributed by atoms with Crippen molar-refractivity contribution in [3.05, 3.63) is 103 Å². The van der Waals surface area contributed by atoms with Gasteiger partial charge in [0, 0.05) is 48.6 Å². The largest absolute Gasteiger partial charge is 0.455 e. The van der Waals surface area contributed by atoms with Crippen LogP contribution in [0.2, 0.25) is 0 Å². The summed E-state index contributed by atoms with van der Waals surface area (Å²) in [7, 11) is 0. The molecule has 3 heteroatoms. The summed E-state index contributed by atoms with van der Waals surface area (Å²) in [6, 6.07) is 34.9. The zero-order chi connectivity index (χ0) is 22.7. The lowest BCUT2D eigenvalue weighted by Crippen LogP contribution is -1.90. The van der Waals surface area contributed by atoms with Gasteiger partial charge in [-0.2, -0.15) is 0 Å². The Bertz CT molecular complexity index is 2330. The van der Waals surface area contributed by atoms with Crippen molar-refractivity contribution in [2.45, 2.75) is 0 Å². The number of thiophene rings is 1.